The molecule has 8 heteroatoms. The highest BCUT2D eigenvalue weighted by Crippen LogP contribution is 2.27. The smallest absolute Gasteiger partial charge is 0.346 e. The number of nitro benzene ring substituents is 1. The Kier molecular flexibility index (Phi) is 3.30. The molecule has 0 N–H and O–H groups in total. The Balaban J connectivity index is 2.45. The first-order chi connectivity index (χ1) is 8.50. The van der Waals surface area contributed by atoms with Crippen molar-refractivity contribution in [3.8, 4) is 5.75 Å². The molecule has 0 amide bonds. The van der Waals surface area contributed by atoms with E-state index in [9.17, 15) is 18.5 Å². The Bertz CT molecular complexity index is 663. The minimum absolute atomic E-state index is 0.137. The normalized spacial score (nSPS) is 11.1. The van der Waals surface area contributed by atoms with Crippen LogP contribution in [0.5, 0.6) is 5.75 Å². The lowest BCUT2D eigenvalue weighted by Crippen LogP contribution is -2.11. The number of hydrogen-bond acceptors (Lipinski definition) is 6. The van der Waals surface area contributed by atoms with E-state index < -0.39 is 25.6 Å². The van der Waals surface area contributed by atoms with E-state index in [1.807, 2.05) is 0 Å². The highest BCUT2D eigenvalue weighted by molar-refractivity contribution is 7.87. The summed E-state index contributed by atoms with van der Waals surface area (Å²) in [6, 6.07) is 6.51. The van der Waals surface area contributed by atoms with Crippen LogP contribution < -0.4 is 4.18 Å². The van der Waals surface area contributed by atoms with Crippen LogP contribution in [0.3, 0.4) is 0 Å². The van der Waals surface area contributed by atoms with Gasteiger partial charge in [-0.05, 0) is 17.5 Å². The zero-order chi connectivity index (χ0) is 13.2. The molecule has 0 saturated carbocycles. The quantitative estimate of drug-likeness (QED) is 0.489. The second-order valence-corrected chi connectivity index (χ2v) is 5.52. The maximum absolute atomic E-state index is 11.9. The van der Waals surface area contributed by atoms with Gasteiger partial charge in [0, 0.05) is 11.4 Å². The molecule has 0 unspecified atom stereocenters. The Labute approximate surface area is 107 Å². The van der Waals surface area contributed by atoms with Crippen LogP contribution in [0, 0.1) is 10.1 Å². The van der Waals surface area contributed by atoms with Gasteiger partial charge in [0.05, 0.1) is 4.92 Å². The Morgan fingerprint density at radius 1 is 1.22 bits per heavy atom. The average Bonchev–Trinajstić information content (AvgIpc) is 2.81. The summed E-state index contributed by atoms with van der Waals surface area (Å²) in [4.78, 5) is 9.54. The molecule has 0 saturated heterocycles. The van der Waals surface area contributed by atoms with Crippen LogP contribution in [0.15, 0.2) is 46.0 Å². The summed E-state index contributed by atoms with van der Waals surface area (Å²) in [7, 11) is -4.19. The molecule has 0 radical (unpaired) electrons. The molecule has 0 spiro atoms. The van der Waals surface area contributed by atoms with Crippen molar-refractivity contribution < 1.29 is 17.5 Å². The number of thiophene rings is 1. The molecule has 1 heterocycles. The summed E-state index contributed by atoms with van der Waals surface area (Å²) >= 11 is 1.26. The molecule has 0 aliphatic heterocycles. The number of benzene rings is 1. The first-order valence-electron chi connectivity index (χ1n) is 4.71. The fraction of sp³-hybridized carbons (Fsp3) is 0. The van der Waals surface area contributed by atoms with Crippen molar-refractivity contribution in [2.24, 2.45) is 0 Å². The topological polar surface area (TPSA) is 86.5 Å². The van der Waals surface area contributed by atoms with Crippen molar-refractivity contribution in [2.45, 2.75) is 4.90 Å². The molecule has 0 bridgehead atoms. The summed E-state index contributed by atoms with van der Waals surface area (Å²) in [6.07, 6.45) is 0. The lowest BCUT2D eigenvalue weighted by Gasteiger charge is -2.05. The lowest BCUT2D eigenvalue weighted by atomic mass is 10.3. The molecule has 0 aliphatic rings. The maximum atomic E-state index is 11.9. The van der Waals surface area contributed by atoms with E-state index >= 15 is 0 Å². The molecule has 0 fully saturated rings. The first-order valence-corrected chi connectivity index (χ1v) is 7.06. The van der Waals surface area contributed by atoms with Crippen molar-refractivity contribution in [2.75, 3.05) is 0 Å². The summed E-state index contributed by atoms with van der Waals surface area (Å²) < 4.78 is 28.6. The van der Waals surface area contributed by atoms with E-state index in [0.717, 1.165) is 12.1 Å². The van der Waals surface area contributed by atoms with Gasteiger partial charge < -0.3 is 4.18 Å². The Morgan fingerprint density at radius 3 is 2.56 bits per heavy atom. The average molecular weight is 285 g/mol. The second-order valence-electron chi connectivity index (χ2n) is 3.22. The fourth-order valence-electron chi connectivity index (χ4n) is 1.29. The van der Waals surface area contributed by atoms with Gasteiger partial charge in [-0.15, -0.1) is 11.3 Å². The minimum Gasteiger partial charge on any atom is -0.378 e. The number of nitro groups is 1. The lowest BCUT2D eigenvalue weighted by molar-refractivity contribution is -0.387. The van der Waals surface area contributed by atoms with Crippen LogP contribution in [0.4, 0.5) is 5.69 Å². The van der Waals surface area contributed by atoms with Gasteiger partial charge in [-0.2, -0.15) is 8.42 Å². The molecule has 1 aromatic heterocycles. The zero-order valence-electron chi connectivity index (χ0n) is 8.85. The van der Waals surface area contributed by atoms with Crippen molar-refractivity contribution >= 4 is 27.1 Å². The number of para-hydroxylation sites is 1. The molecule has 18 heavy (non-hydrogen) atoms. The van der Waals surface area contributed by atoms with E-state index in [2.05, 4.69) is 0 Å². The first kappa shape index (κ1) is 12.5. The summed E-state index contributed by atoms with van der Waals surface area (Å²) in [5, 5.41) is 13.9. The van der Waals surface area contributed by atoms with Crippen molar-refractivity contribution in [1.29, 1.82) is 0 Å². The van der Waals surface area contributed by atoms with Crippen LogP contribution in [-0.2, 0) is 10.1 Å². The fourth-order valence-corrected chi connectivity index (χ4v) is 2.99. The molecule has 2 aromatic rings. The summed E-state index contributed by atoms with van der Waals surface area (Å²) in [6.45, 7) is 0. The van der Waals surface area contributed by atoms with Gasteiger partial charge in [0.25, 0.3) is 5.69 Å². The Hall–Kier alpha value is -1.93. The molecule has 2 rings (SSSR count). The second kappa shape index (κ2) is 4.75. The van der Waals surface area contributed by atoms with Crippen molar-refractivity contribution in [1.82, 2.24) is 0 Å². The highest BCUT2D eigenvalue weighted by Gasteiger charge is 2.27. The van der Waals surface area contributed by atoms with E-state index in [1.165, 1.54) is 34.9 Å². The molecule has 0 atom stereocenters. The predicted octanol–water partition coefficient (Wildman–Crippen LogP) is 2.42. The summed E-state index contributed by atoms with van der Waals surface area (Å²) in [5.41, 5.74) is -0.507. The third-order valence-corrected chi connectivity index (χ3v) is 3.99. The van der Waals surface area contributed by atoms with E-state index in [-0.39, 0.29) is 5.75 Å². The van der Waals surface area contributed by atoms with Gasteiger partial charge in [-0.1, -0.05) is 12.1 Å². The molecule has 6 nitrogen and oxygen atoms in total. The monoisotopic (exact) mass is 285 g/mol. The van der Waals surface area contributed by atoms with E-state index in [1.54, 1.807) is 5.38 Å². The third-order valence-electron chi connectivity index (χ3n) is 2.03. The SMILES string of the molecule is O=[N+]([O-])c1ccccc1S(=O)(=O)Oc1ccsc1. The number of rotatable bonds is 4. The molecular weight excluding hydrogens is 278 g/mol. The number of hydrogen-bond donors (Lipinski definition) is 0. The zero-order valence-corrected chi connectivity index (χ0v) is 10.5. The number of nitrogens with zero attached hydrogens (tertiary/aromatic N) is 1. The van der Waals surface area contributed by atoms with Gasteiger partial charge in [0.15, 0.2) is 10.6 Å². The van der Waals surface area contributed by atoms with Gasteiger partial charge in [-0.25, -0.2) is 0 Å². The van der Waals surface area contributed by atoms with Crippen LogP contribution in [0.1, 0.15) is 0 Å². The highest BCUT2D eigenvalue weighted by atomic mass is 32.2. The van der Waals surface area contributed by atoms with Crippen LogP contribution in [0.2, 0.25) is 0 Å². The molecular formula is C10H7NO5S2. The third kappa shape index (κ3) is 2.49. The van der Waals surface area contributed by atoms with E-state index in [0.29, 0.717) is 0 Å². The van der Waals surface area contributed by atoms with Gasteiger partial charge in [0.2, 0.25) is 0 Å². The summed E-state index contributed by atoms with van der Waals surface area (Å²) in [5.74, 6) is 0.137. The van der Waals surface area contributed by atoms with Crippen LogP contribution >= 0.6 is 11.3 Å². The maximum Gasteiger partial charge on any atom is 0.346 e. The van der Waals surface area contributed by atoms with Crippen LogP contribution in [-0.4, -0.2) is 13.3 Å². The van der Waals surface area contributed by atoms with Crippen molar-refractivity contribution in [3.63, 3.8) is 0 Å². The van der Waals surface area contributed by atoms with Crippen LogP contribution in [0.25, 0.3) is 0 Å². The van der Waals surface area contributed by atoms with Crippen molar-refractivity contribution in [3.05, 3.63) is 51.2 Å². The standard InChI is InChI=1S/C10H7NO5S2/c12-11(13)9-3-1-2-4-10(9)18(14,15)16-8-5-6-17-7-8/h1-7H. The van der Waals surface area contributed by atoms with Gasteiger partial charge in [-0.3, -0.25) is 10.1 Å². The predicted molar refractivity (Wildman–Crippen MR) is 65.2 cm³/mol. The Morgan fingerprint density at radius 2 is 1.94 bits per heavy atom. The largest absolute Gasteiger partial charge is 0.378 e. The molecule has 94 valence electrons. The van der Waals surface area contributed by atoms with Gasteiger partial charge in [0.1, 0.15) is 0 Å². The van der Waals surface area contributed by atoms with Gasteiger partial charge >= 0.3 is 10.1 Å². The minimum atomic E-state index is -4.19. The molecule has 0 aliphatic carbocycles. The molecule has 1 aromatic carbocycles. The van der Waals surface area contributed by atoms with E-state index in [4.69, 9.17) is 4.18 Å².